The first-order chi connectivity index (χ1) is 9.17. The second-order valence-corrected chi connectivity index (χ2v) is 7.87. The smallest absolute Gasteiger partial charge is 0.243 e. The molecule has 1 fully saturated rings. The summed E-state index contributed by atoms with van der Waals surface area (Å²) in [5, 5.41) is 2.46. The van der Waals surface area contributed by atoms with Crippen molar-refractivity contribution in [3.05, 3.63) is 29.8 Å². The fourth-order valence-electron chi connectivity index (χ4n) is 2.03. The Morgan fingerprint density at radius 1 is 1.25 bits per heavy atom. The van der Waals surface area contributed by atoms with Crippen LogP contribution in [0.3, 0.4) is 0 Å². The molecule has 2 atom stereocenters. The molecule has 20 heavy (non-hydrogen) atoms. The fourth-order valence-corrected chi connectivity index (χ4v) is 3.55. The number of hydrogen-bond donors (Lipinski definition) is 1. The number of nitrogens with one attached hydrogen (secondary N) is 1. The Morgan fingerprint density at radius 3 is 2.25 bits per heavy atom. The van der Waals surface area contributed by atoms with Crippen LogP contribution in [-0.4, -0.2) is 38.3 Å². The highest BCUT2D eigenvalue weighted by Gasteiger charge is 2.48. The van der Waals surface area contributed by atoms with E-state index in [1.165, 1.54) is 11.4 Å². The monoisotopic (exact) mass is 296 g/mol. The van der Waals surface area contributed by atoms with E-state index < -0.39 is 16.1 Å². The highest BCUT2D eigenvalue weighted by molar-refractivity contribution is 7.89. The molecule has 6 heteroatoms. The molecule has 5 nitrogen and oxygen atoms in total. The maximum absolute atomic E-state index is 12.3. The van der Waals surface area contributed by atoms with Crippen molar-refractivity contribution in [2.24, 2.45) is 0 Å². The molecule has 1 aromatic carbocycles. The van der Waals surface area contributed by atoms with Gasteiger partial charge in [0.2, 0.25) is 15.9 Å². The van der Waals surface area contributed by atoms with Gasteiger partial charge in [-0.1, -0.05) is 32.9 Å². The molecule has 1 aromatic rings. The molecular formula is C14H20N2O3S. The van der Waals surface area contributed by atoms with Crippen LogP contribution < -0.4 is 5.32 Å². The van der Waals surface area contributed by atoms with Crippen molar-refractivity contribution in [3.8, 4) is 0 Å². The lowest BCUT2D eigenvalue weighted by molar-refractivity contribution is -0.120. The second-order valence-electron chi connectivity index (χ2n) is 5.98. The standard InChI is InChI=1S/C14H20N2O3S/c1-14(2,3)10-5-7-11(8-6-10)20(18,19)16-9-12(16)13(17)15-4/h5-8,12H,9H2,1-4H3,(H,15,17). The molecule has 0 saturated carbocycles. The zero-order chi connectivity index (χ0) is 15.1. The van der Waals surface area contributed by atoms with Gasteiger partial charge in [0.1, 0.15) is 6.04 Å². The number of benzene rings is 1. The van der Waals surface area contributed by atoms with Gasteiger partial charge < -0.3 is 5.32 Å². The molecule has 1 heterocycles. The third kappa shape index (κ3) is 2.71. The van der Waals surface area contributed by atoms with Gasteiger partial charge in [-0.15, -0.1) is 0 Å². The van der Waals surface area contributed by atoms with Crippen LogP contribution in [0.5, 0.6) is 0 Å². The topological polar surface area (TPSA) is 66.2 Å². The van der Waals surface area contributed by atoms with Gasteiger partial charge in [-0.05, 0) is 23.1 Å². The van der Waals surface area contributed by atoms with E-state index in [0.29, 0.717) is 0 Å². The first-order valence-corrected chi connectivity index (χ1v) is 7.96. The molecule has 0 bridgehead atoms. The van der Waals surface area contributed by atoms with E-state index in [-0.39, 0.29) is 22.8 Å². The normalized spacial score (nSPS) is 22.4. The van der Waals surface area contributed by atoms with Crippen molar-refractivity contribution in [1.82, 2.24) is 9.62 Å². The second kappa shape index (κ2) is 4.86. The minimum atomic E-state index is -3.56. The summed E-state index contributed by atoms with van der Waals surface area (Å²) in [6.07, 6.45) is 0. The lowest BCUT2D eigenvalue weighted by Crippen LogP contribution is -2.28. The molecule has 1 saturated heterocycles. The number of rotatable bonds is 3. The molecule has 110 valence electrons. The summed E-state index contributed by atoms with van der Waals surface area (Å²) >= 11 is 0. The summed E-state index contributed by atoms with van der Waals surface area (Å²) in [5.74, 6) is -0.264. The lowest BCUT2D eigenvalue weighted by atomic mass is 9.87. The molecule has 1 amide bonds. The Balaban J connectivity index is 2.22. The van der Waals surface area contributed by atoms with E-state index in [4.69, 9.17) is 0 Å². The number of nitrogens with zero attached hydrogens (tertiary/aromatic N) is 1. The number of likely N-dealkylation sites (N-methyl/N-ethyl adjacent to an activating group) is 1. The Bertz CT molecular complexity index is 615. The minimum Gasteiger partial charge on any atom is -0.358 e. The average molecular weight is 296 g/mol. The van der Waals surface area contributed by atoms with Crippen molar-refractivity contribution in [2.45, 2.75) is 37.1 Å². The number of amides is 1. The van der Waals surface area contributed by atoms with E-state index in [0.717, 1.165) is 5.56 Å². The highest BCUT2D eigenvalue weighted by Crippen LogP contribution is 2.30. The summed E-state index contributed by atoms with van der Waals surface area (Å²) in [5.41, 5.74) is 1.05. The average Bonchev–Trinajstić information content (AvgIpc) is 3.18. The van der Waals surface area contributed by atoms with Crippen LogP contribution in [0.4, 0.5) is 0 Å². The molecule has 0 spiro atoms. The molecule has 1 aliphatic heterocycles. The van der Waals surface area contributed by atoms with Gasteiger partial charge in [0, 0.05) is 13.6 Å². The molecule has 2 rings (SSSR count). The van der Waals surface area contributed by atoms with Gasteiger partial charge in [0.15, 0.2) is 0 Å². The van der Waals surface area contributed by atoms with Crippen molar-refractivity contribution in [1.29, 1.82) is 0 Å². The van der Waals surface area contributed by atoms with E-state index in [1.807, 2.05) is 12.1 Å². The summed E-state index contributed by atoms with van der Waals surface area (Å²) in [6, 6.07) is 6.30. The Labute approximate surface area is 120 Å². The van der Waals surface area contributed by atoms with Gasteiger partial charge in [-0.2, -0.15) is 4.31 Å². The Hall–Kier alpha value is -1.40. The quantitative estimate of drug-likeness (QED) is 0.850. The number of hydrogen-bond acceptors (Lipinski definition) is 3. The zero-order valence-corrected chi connectivity index (χ0v) is 13.0. The highest BCUT2D eigenvalue weighted by atomic mass is 32.2. The van der Waals surface area contributed by atoms with Gasteiger partial charge in [-0.25, -0.2) is 8.42 Å². The molecule has 1 N–H and O–H groups in total. The van der Waals surface area contributed by atoms with Crippen molar-refractivity contribution < 1.29 is 13.2 Å². The van der Waals surface area contributed by atoms with Crippen LogP contribution >= 0.6 is 0 Å². The minimum absolute atomic E-state index is 0.0210. The number of sulfonamides is 1. The fraction of sp³-hybridized carbons (Fsp3) is 0.500. The van der Waals surface area contributed by atoms with Crippen molar-refractivity contribution >= 4 is 15.9 Å². The first kappa shape index (κ1) is 15.0. The van der Waals surface area contributed by atoms with Crippen molar-refractivity contribution in [2.75, 3.05) is 13.6 Å². The van der Waals surface area contributed by atoms with E-state index in [1.54, 1.807) is 12.1 Å². The predicted molar refractivity (Wildman–Crippen MR) is 76.9 cm³/mol. The van der Waals surface area contributed by atoms with E-state index in [9.17, 15) is 13.2 Å². The van der Waals surface area contributed by atoms with E-state index in [2.05, 4.69) is 26.1 Å². The summed E-state index contributed by atoms with van der Waals surface area (Å²) < 4.78 is 25.9. The van der Waals surface area contributed by atoms with Crippen LogP contribution in [0, 0.1) is 0 Å². The zero-order valence-electron chi connectivity index (χ0n) is 12.2. The van der Waals surface area contributed by atoms with Crippen LogP contribution in [0.1, 0.15) is 26.3 Å². The molecule has 0 aliphatic carbocycles. The summed E-state index contributed by atoms with van der Waals surface area (Å²) in [6.45, 7) is 6.47. The van der Waals surface area contributed by atoms with E-state index >= 15 is 0 Å². The van der Waals surface area contributed by atoms with Crippen LogP contribution in [-0.2, 0) is 20.2 Å². The number of carbonyl (C=O) groups is 1. The lowest BCUT2D eigenvalue weighted by Gasteiger charge is -2.19. The van der Waals surface area contributed by atoms with Gasteiger partial charge >= 0.3 is 0 Å². The molecular weight excluding hydrogens is 276 g/mol. The molecule has 0 aromatic heterocycles. The van der Waals surface area contributed by atoms with Crippen LogP contribution in [0.15, 0.2) is 29.2 Å². The van der Waals surface area contributed by atoms with Gasteiger partial charge in [0.05, 0.1) is 4.90 Å². The van der Waals surface area contributed by atoms with Gasteiger partial charge in [-0.3, -0.25) is 4.79 Å². The maximum Gasteiger partial charge on any atom is 0.243 e. The largest absolute Gasteiger partial charge is 0.358 e. The summed E-state index contributed by atoms with van der Waals surface area (Å²) in [4.78, 5) is 11.7. The molecule has 1 aliphatic rings. The van der Waals surface area contributed by atoms with Gasteiger partial charge in [0.25, 0.3) is 0 Å². The maximum atomic E-state index is 12.3. The third-order valence-corrected chi connectivity index (χ3v) is 5.33. The predicted octanol–water partition coefficient (Wildman–Crippen LogP) is 1.10. The van der Waals surface area contributed by atoms with Crippen LogP contribution in [0.25, 0.3) is 0 Å². The molecule has 2 unspecified atom stereocenters. The summed E-state index contributed by atoms with van der Waals surface area (Å²) in [7, 11) is -2.06. The first-order valence-electron chi connectivity index (χ1n) is 6.52. The van der Waals surface area contributed by atoms with Crippen molar-refractivity contribution in [3.63, 3.8) is 0 Å². The molecule has 0 radical (unpaired) electrons. The SMILES string of the molecule is CNC(=O)C1CN1S(=O)(=O)c1ccc(C(C)(C)C)cc1. The Kier molecular flexibility index (Phi) is 3.64. The third-order valence-electron chi connectivity index (χ3n) is 3.44. The number of carbonyl (C=O) groups excluding carboxylic acids is 1. The Morgan fingerprint density at radius 2 is 1.80 bits per heavy atom. The van der Waals surface area contributed by atoms with Crippen LogP contribution in [0.2, 0.25) is 0 Å².